The van der Waals surface area contributed by atoms with E-state index in [2.05, 4.69) is 20.9 Å². The molecule has 0 atom stereocenters. The molecular weight excluding hydrogens is 236 g/mol. The molecule has 0 fully saturated rings. The van der Waals surface area contributed by atoms with E-state index in [-0.39, 0.29) is 24.8 Å². The van der Waals surface area contributed by atoms with Crippen LogP contribution in [0.1, 0.15) is 19.0 Å². The van der Waals surface area contributed by atoms with E-state index in [1.807, 2.05) is 6.92 Å². The fraction of sp³-hybridized carbons (Fsp3) is 0.600. The van der Waals surface area contributed by atoms with Gasteiger partial charge in [-0.05, 0) is 6.92 Å². The molecule has 0 aromatic carbocycles. The normalized spacial score (nSPS) is 10.1. The number of carbonyl (C=O) groups is 2. The van der Waals surface area contributed by atoms with Crippen LogP contribution in [0.5, 0.6) is 0 Å². The maximum absolute atomic E-state index is 11.5. The number of amides is 2. The predicted octanol–water partition coefficient (Wildman–Crippen LogP) is -1.62. The molecule has 0 aliphatic heterocycles. The van der Waals surface area contributed by atoms with Crippen molar-refractivity contribution in [2.75, 3.05) is 13.1 Å². The van der Waals surface area contributed by atoms with E-state index in [0.717, 1.165) is 0 Å². The third-order valence-corrected chi connectivity index (χ3v) is 2.15. The topological polar surface area (TPSA) is 115 Å². The van der Waals surface area contributed by atoms with Gasteiger partial charge in [-0.1, -0.05) is 5.21 Å². The first kappa shape index (κ1) is 14.1. The second-order valence-electron chi connectivity index (χ2n) is 3.67. The lowest BCUT2D eigenvalue weighted by Gasteiger charge is -2.05. The number of carbonyl (C=O) groups excluding carboxylic acids is 2. The molecule has 2 amide bonds. The number of hydrogen-bond acceptors (Lipinski definition) is 5. The summed E-state index contributed by atoms with van der Waals surface area (Å²) in [4.78, 5) is 22.6. The minimum atomic E-state index is -0.215. The smallest absolute Gasteiger partial charge is 0.241 e. The van der Waals surface area contributed by atoms with Gasteiger partial charge in [0.15, 0.2) is 0 Å². The van der Waals surface area contributed by atoms with Crippen molar-refractivity contribution < 1.29 is 9.59 Å². The number of hydrogen-bond donors (Lipinski definition) is 3. The molecule has 0 saturated carbocycles. The number of nitrogens with zero attached hydrogens (tertiary/aromatic N) is 3. The average molecular weight is 254 g/mol. The van der Waals surface area contributed by atoms with Crippen LogP contribution < -0.4 is 16.4 Å². The molecule has 0 aliphatic carbocycles. The maximum Gasteiger partial charge on any atom is 0.241 e. The number of aromatic nitrogens is 3. The Morgan fingerprint density at radius 3 is 2.78 bits per heavy atom. The minimum Gasteiger partial charge on any atom is -0.356 e. The van der Waals surface area contributed by atoms with Gasteiger partial charge in [-0.3, -0.25) is 9.59 Å². The summed E-state index contributed by atoms with van der Waals surface area (Å²) in [5.74, 6) is -0.295. The van der Waals surface area contributed by atoms with Crippen LogP contribution in [-0.4, -0.2) is 39.9 Å². The van der Waals surface area contributed by atoms with E-state index in [0.29, 0.717) is 25.3 Å². The van der Waals surface area contributed by atoms with Gasteiger partial charge < -0.3 is 16.4 Å². The van der Waals surface area contributed by atoms with Crippen molar-refractivity contribution >= 4 is 11.8 Å². The lowest BCUT2D eigenvalue weighted by Crippen LogP contribution is -2.32. The van der Waals surface area contributed by atoms with Crippen LogP contribution in [0.3, 0.4) is 0 Å². The van der Waals surface area contributed by atoms with E-state index >= 15 is 0 Å². The van der Waals surface area contributed by atoms with Gasteiger partial charge >= 0.3 is 0 Å². The average Bonchev–Trinajstić information content (AvgIpc) is 2.77. The van der Waals surface area contributed by atoms with Gasteiger partial charge in [0.2, 0.25) is 11.8 Å². The first-order valence-corrected chi connectivity index (χ1v) is 5.78. The molecule has 1 heterocycles. The van der Waals surface area contributed by atoms with Crippen LogP contribution in [0, 0.1) is 0 Å². The van der Waals surface area contributed by atoms with Crippen molar-refractivity contribution in [3.8, 4) is 0 Å². The minimum absolute atomic E-state index is 0.0718. The summed E-state index contributed by atoms with van der Waals surface area (Å²) >= 11 is 0. The summed E-state index contributed by atoms with van der Waals surface area (Å²) in [7, 11) is 0. The van der Waals surface area contributed by atoms with Gasteiger partial charge in [-0.15, -0.1) is 5.10 Å². The molecule has 0 spiro atoms. The van der Waals surface area contributed by atoms with Gasteiger partial charge in [0.05, 0.1) is 11.9 Å². The van der Waals surface area contributed by atoms with Gasteiger partial charge in [0.25, 0.3) is 0 Å². The Morgan fingerprint density at radius 2 is 2.17 bits per heavy atom. The molecule has 1 rings (SSSR count). The molecule has 0 saturated heterocycles. The quantitative estimate of drug-likeness (QED) is 0.541. The highest BCUT2D eigenvalue weighted by Crippen LogP contribution is 1.90. The lowest BCUT2D eigenvalue weighted by atomic mass is 10.4. The summed E-state index contributed by atoms with van der Waals surface area (Å²) in [6.45, 7) is 3.11. The Kier molecular flexibility index (Phi) is 5.78. The Bertz CT molecular complexity index is 403. The van der Waals surface area contributed by atoms with E-state index in [1.54, 1.807) is 6.20 Å². The summed E-state index contributed by atoms with van der Waals surface area (Å²) in [5, 5.41) is 12.8. The number of nitrogens with one attached hydrogen (secondary N) is 2. The standard InChI is InChI=1S/C10H18N6O2/c1-2-12-9(17)3-4-13-10(18)7-16-6-8(5-11)14-15-16/h6H,2-5,7,11H2,1H3,(H,12,17)(H,13,18). The van der Waals surface area contributed by atoms with Gasteiger partial charge in [-0.25, -0.2) is 4.68 Å². The van der Waals surface area contributed by atoms with Crippen molar-refractivity contribution in [1.82, 2.24) is 25.6 Å². The maximum atomic E-state index is 11.5. The van der Waals surface area contributed by atoms with Crippen molar-refractivity contribution in [3.63, 3.8) is 0 Å². The van der Waals surface area contributed by atoms with Gasteiger partial charge in [0.1, 0.15) is 6.54 Å². The van der Waals surface area contributed by atoms with Crippen molar-refractivity contribution in [2.45, 2.75) is 26.4 Å². The zero-order valence-electron chi connectivity index (χ0n) is 10.3. The van der Waals surface area contributed by atoms with Crippen LogP contribution in [-0.2, 0) is 22.7 Å². The highest BCUT2D eigenvalue weighted by Gasteiger charge is 2.06. The van der Waals surface area contributed by atoms with Crippen LogP contribution in [0.2, 0.25) is 0 Å². The zero-order valence-corrected chi connectivity index (χ0v) is 10.3. The lowest BCUT2D eigenvalue weighted by molar-refractivity contribution is -0.122. The molecule has 8 heteroatoms. The fourth-order valence-electron chi connectivity index (χ4n) is 1.31. The predicted molar refractivity (Wildman–Crippen MR) is 64.2 cm³/mol. The number of rotatable bonds is 7. The molecule has 18 heavy (non-hydrogen) atoms. The van der Waals surface area contributed by atoms with Crippen molar-refractivity contribution in [3.05, 3.63) is 11.9 Å². The monoisotopic (exact) mass is 254 g/mol. The van der Waals surface area contributed by atoms with E-state index in [4.69, 9.17) is 5.73 Å². The fourth-order valence-corrected chi connectivity index (χ4v) is 1.31. The second-order valence-corrected chi connectivity index (χ2v) is 3.67. The summed E-state index contributed by atoms with van der Waals surface area (Å²) < 4.78 is 1.41. The van der Waals surface area contributed by atoms with E-state index in [1.165, 1.54) is 4.68 Å². The Hall–Kier alpha value is -1.96. The van der Waals surface area contributed by atoms with E-state index in [9.17, 15) is 9.59 Å². The third-order valence-electron chi connectivity index (χ3n) is 2.15. The first-order valence-electron chi connectivity index (χ1n) is 5.78. The molecule has 4 N–H and O–H groups in total. The molecule has 100 valence electrons. The Morgan fingerprint density at radius 1 is 1.39 bits per heavy atom. The Balaban J connectivity index is 2.23. The van der Waals surface area contributed by atoms with Crippen molar-refractivity contribution in [1.29, 1.82) is 0 Å². The summed E-state index contributed by atoms with van der Waals surface area (Å²) in [6, 6.07) is 0. The zero-order chi connectivity index (χ0) is 13.4. The van der Waals surface area contributed by atoms with Crippen LogP contribution >= 0.6 is 0 Å². The molecule has 0 aliphatic rings. The van der Waals surface area contributed by atoms with Crippen LogP contribution in [0.25, 0.3) is 0 Å². The van der Waals surface area contributed by atoms with Crippen LogP contribution in [0.4, 0.5) is 0 Å². The molecule has 8 nitrogen and oxygen atoms in total. The molecule has 1 aromatic rings. The molecule has 0 unspecified atom stereocenters. The SMILES string of the molecule is CCNC(=O)CCNC(=O)Cn1cc(CN)nn1. The molecule has 0 radical (unpaired) electrons. The number of nitrogens with two attached hydrogens (primary N) is 1. The van der Waals surface area contributed by atoms with Crippen LogP contribution in [0.15, 0.2) is 6.20 Å². The van der Waals surface area contributed by atoms with Gasteiger partial charge in [-0.2, -0.15) is 0 Å². The highest BCUT2D eigenvalue weighted by atomic mass is 16.2. The molecule has 0 bridgehead atoms. The molecule has 1 aromatic heterocycles. The summed E-state index contributed by atoms with van der Waals surface area (Å²) in [6.07, 6.45) is 1.88. The highest BCUT2D eigenvalue weighted by molar-refractivity contribution is 5.78. The largest absolute Gasteiger partial charge is 0.356 e. The second kappa shape index (κ2) is 7.38. The van der Waals surface area contributed by atoms with Gasteiger partial charge in [0, 0.05) is 26.1 Å². The van der Waals surface area contributed by atoms with Crippen molar-refractivity contribution in [2.24, 2.45) is 5.73 Å². The summed E-state index contributed by atoms with van der Waals surface area (Å²) in [5.41, 5.74) is 6.00. The van der Waals surface area contributed by atoms with E-state index < -0.39 is 0 Å². The molecular formula is C10H18N6O2. The third kappa shape index (κ3) is 4.91. The Labute approximate surface area is 105 Å². The first-order chi connectivity index (χ1) is 8.65.